The van der Waals surface area contributed by atoms with Crippen molar-refractivity contribution in [2.45, 2.75) is 50.8 Å². The maximum absolute atomic E-state index is 9.62. The lowest BCUT2D eigenvalue weighted by molar-refractivity contribution is -0.0923. The van der Waals surface area contributed by atoms with Crippen molar-refractivity contribution in [2.75, 3.05) is 13.2 Å². The van der Waals surface area contributed by atoms with E-state index in [1.807, 2.05) is 0 Å². The highest BCUT2D eigenvalue weighted by Gasteiger charge is 2.45. The second kappa shape index (κ2) is 4.95. The molecule has 6 heteroatoms. The summed E-state index contributed by atoms with van der Waals surface area (Å²) in [5.74, 6) is 0. The van der Waals surface area contributed by atoms with E-state index in [4.69, 9.17) is 24.1 Å². The van der Waals surface area contributed by atoms with E-state index in [0.29, 0.717) is 6.61 Å². The molecule has 94 valence electrons. The summed E-state index contributed by atoms with van der Waals surface area (Å²) in [5.41, 5.74) is 0. The first-order valence-electron chi connectivity index (χ1n) is 5.48. The Morgan fingerprint density at radius 3 is 2.50 bits per heavy atom. The van der Waals surface area contributed by atoms with Crippen molar-refractivity contribution in [3.8, 4) is 0 Å². The molecule has 0 radical (unpaired) electrons. The molecule has 0 aromatic carbocycles. The fraction of sp³-hybridized carbons (Fsp3) is 1.00. The molecule has 6 atom stereocenters. The fourth-order valence-electron chi connectivity index (χ4n) is 2.07. The van der Waals surface area contributed by atoms with Gasteiger partial charge < -0.3 is 29.2 Å². The Morgan fingerprint density at radius 1 is 1.19 bits per heavy atom. The molecule has 2 rings (SSSR count). The van der Waals surface area contributed by atoms with Crippen LogP contribution in [-0.2, 0) is 18.9 Å². The van der Waals surface area contributed by atoms with E-state index in [1.54, 1.807) is 13.8 Å². The summed E-state index contributed by atoms with van der Waals surface area (Å²) in [4.78, 5) is 0. The molecule has 6 nitrogen and oxygen atoms in total. The van der Waals surface area contributed by atoms with Crippen LogP contribution in [0, 0.1) is 0 Å². The topological polar surface area (TPSA) is 77.4 Å². The Balaban J connectivity index is 2.00. The largest absolute Gasteiger partial charge is 0.394 e. The molecular formula is C10H18O6. The van der Waals surface area contributed by atoms with E-state index >= 15 is 0 Å². The van der Waals surface area contributed by atoms with Gasteiger partial charge in [-0.2, -0.15) is 0 Å². The van der Waals surface area contributed by atoms with E-state index in [9.17, 15) is 5.11 Å². The number of ether oxygens (including phenoxy) is 4. The van der Waals surface area contributed by atoms with Gasteiger partial charge in [-0.15, -0.1) is 0 Å². The summed E-state index contributed by atoms with van der Waals surface area (Å²) < 4.78 is 21.7. The van der Waals surface area contributed by atoms with E-state index in [1.165, 1.54) is 0 Å². The maximum atomic E-state index is 9.62. The lowest BCUT2D eigenvalue weighted by Crippen LogP contribution is -2.44. The molecule has 0 saturated carbocycles. The van der Waals surface area contributed by atoms with E-state index in [-0.39, 0.29) is 19.0 Å². The van der Waals surface area contributed by atoms with Gasteiger partial charge >= 0.3 is 0 Å². The number of hydrogen-bond donors (Lipinski definition) is 2. The average molecular weight is 234 g/mol. The van der Waals surface area contributed by atoms with Crippen LogP contribution in [0.1, 0.15) is 13.8 Å². The summed E-state index contributed by atoms with van der Waals surface area (Å²) in [6.45, 7) is 3.60. The minimum Gasteiger partial charge on any atom is -0.394 e. The first-order valence-corrected chi connectivity index (χ1v) is 5.48. The van der Waals surface area contributed by atoms with Crippen LogP contribution in [0.25, 0.3) is 0 Å². The average Bonchev–Trinajstić information content (AvgIpc) is 2.83. The highest BCUT2D eigenvalue weighted by Crippen LogP contribution is 2.28. The quantitative estimate of drug-likeness (QED) is 0.668. The van der Waals surface area contributed by atoms with Gasteiger partial charge in [-0.1, -0.05) is 0 Å². The van der Waals surface area contributed by atoms with Crippen LogP contribution in [0.3, 0.4) is 0 Å². The van der Waals surface area contributed by atoms with Gasteiger partial charge in [-0.3, -0.25) is 0 Å². The second-order valence-electron chi connectivity index (χ2n) is 4.09. The minimum atomic E-state index is -0.963. The van der Waals surface area contributed by atoms with Gasteiger partial charge in [0.05, 0.1) is 13.2 Å². The first kappa shape index (κ1) is 12.2. The Bertz CT molecular complexity index is 235. The van der Waals surface area contributed by atoms with Crippen molar-refractivity contribution in [3.63, 3.8) is 0 Å². The van der Waals surface area contributed by atoms with Gasteiger partial charge in [0, 0.05) is 0 Å². The lowest BCUT2D eigenvalue weighted by Gasteiger charge is -2.24. The molecule has 2 saturated heterocycles. The predicted molar refractivity (Wildman–Crippen MR) is 52.6 cm³/mol. The lowest BCUT2D eigenvalue weighted by atomic mass is 10.0. The molecule has 0 amide bonds. The highest BCUT2D eigenvalue weighted by atomic mass is 16.8. The van der Waals surface area contributed by atoms with Crippen LogP contribution < -0.4 is 0 Å². The predicted octanol–water partition coefficient (Wildman–Crippen LogP) is -0.769. The van der Waals surface area contributed by atoms with Crippen LogP contribution in [0.5, 0.6) is 0 Å². The van der Waals surface area contributed by atoms with Crippen LogP contribution >= 0.6 is 0 Å². The van der Waals surface area contributed by atoms with Gasteiger partial charge in [0.25, 0.3) is 0 Å². The smallest absolute Gasteiger partial charge is 0.156 e. The molecular weight excluding hydrogens is 216 g/mol. The van der Waals surface area contributed by atoms with Crippen molar-refractivity contribution >= 4 is 0 Å². The molecule has 2 fully saturated rings. The normalized spacial score (nSPS) is 46.1. The number of hydrogen-bond acceptors (Lipinski definition) is 6. The molecule has 2 aliphatic rings. The Labute approximate surface area is 94.1 Å². The van der Waals surface area contributed by atoms with Crippen molar-refractivity contribution in [2.24, 2.45) is 0 Å². The molecule has 0 aliphatic carbocycles. The third-order valence-corrected chi connectivity index (χ3v) is 2.82. The number of aliphatic hydroxyl groups excluding tert-OH is 2. The second-order valence-corrected chi connectivity index (χ2v) is 4.09. The van der Waals surface area contributed by atoms with Gasteiger partial charge in [0.15, 0.2) is 12.6 Å². The van der Waals surface area contributed by atoms with Crippen molar-refractivity contribution in [1.29, 1.82) is 0 Å². The van der Waals surface area contributed by atoms with Crippen molar-refractivity contribution < 1.29 is 29.2 Å². The minimum absolute atomic E-state index is 0.258. The summed E-state index contributed by atoms with van der Waals surface area (Å²) in [7, 11) is 0. The highest BCUT2D eigenvalue weighted by molar-refractivity contribution is 4.89. The monoisotopic (exact) mass is 234 g/mol. The third kappa shape index (κ3) is 2.37. The van der Waals surface area contributed by atoms with Crippen LogP contribution in [0.4, 0.5) is 0 Å². The standard InChI is InChI=1S/C10H18O6/c1-5-13-4-8(14-5)10-9(7(12)3-11)15-6(2)16-10/h5-12H,3-4H2,1-2H3/t5?,6?,7-,8+,9-,10-/m1/s1. The zero-order valence-electron chi connectivity index (χ0n) is 9.41. The molecule has 2 unspecified atom stereocenters. The zero-order chi connectivity index (χ0) is 11.7. The van der Waals surface area contributed by atoms with Gasteiger partial charge in [0.1, 0.15) is 24.4 Å². The van der Waals surface area contributed by atoms with Crippen LogP contribution in [0.2, 0.25) is 0 Å². The van der Waals surface area contributed by atoms with Crippen LogP contribution in [-0.4, -0.2) is 60.4 Å². The third-order valence-electron chi connectivity index (χ3n) is 2.82. The Kier molecular flexibility index (Phi) is 3.78. The van der Waals surface area contributed by atoms with Gasteiger partial charge in [-0.05, 0) is 13.8 Å². The SMILES string of the molecule is CC1O[C@H]([C@H](O)CO)[C@@H]([C@@H]2COC(C)O2)O1. The van der Waals surface area contributed by atoms with Crippen molar-refractivity contribution in [3.05, 3.63) is 0 Å². The summed E-state index contributed by atoms with van der Waals surface area (Å²) in [5, 5.41) is 18.6. The molecule has 16 heavy (non-hydrogen) atoms. The Hall–Kier alpha value is -0.240. The summed E-state index contributed by atoms with van der Waals surface area (Å²) in [6, 6.07) is 0. The molecule has 2 heterocycles. The number of aliphatic hydroxyl groups is 2. The van der Waals surface area contributed by atoms with Gasteiger partial charge in [0.2, 0.25) is 0 Å². The number of rotatable bonds is 3. The summed E-state index contributed by atoms with van der Waals surface area (Å²) in [6.07, 6.45) is -2.87. The van der Waals surface area contributed by atoms with E-state index < -0.39 is 24.6 Å². The van der Waals surface area contributed by atoms with Gasteiger partial charge in [-0.25, -0.2) is 0 Å². The molecule has 0 aromatic rings. The first-order chi connectivity index (χ1) is 7.61. The molecule has 0 bridgehead atoms. The molecule has 0 aromatic heterocycles. The zero-order valence-corrected chi connectivity index (χ0v) is 9.41. The van der Waals surface area contributed by atoms with E-state index in [0.717, 1.165) is 0 Å². The Morgan fingerprint density at radius 2 is 1.94 bits per heavy atom. The fourth-order valence-corrected chi connectivity index (χ4v) is 2.07. The van der Waals surface area contributed by atoms with E-state index in [2.05, 4.69) is 0 Å². The van der Waals surface area contributed by atoms with Crippen molar-refractivity contribution in [1.82, 2.24) is 0 Å². The maximum Gasteiger partial charge on any atom is 0.156 e. The van der Waals surface area contributed by atoms with Crippen LogP contribution in [0.15, 0.2) is 0 Å². The summed E-state index contributed by atoms with van der Waals surface area (Å²) >= 11 is 0. The molecule has 2 N–H and O–H groups in total. The molecule has 2 aliphatic heterocycles. The molecule has 0 spiro atoms.